The van der Waals surface area contributed by atoms with Gasteiger partial charge in [-0.25, -0.2) is 0 Å². The van der Waals surface area contributed by atoms with E-state index in [9.17, 15) is 5.11 Å². The summed E-state index contributed by atoms with van der Waals surface area (Å²) in [4.78, 5) is 1.03. The molecule has 1 atom stereocenters. The molecule has 0 saturated carbocycles. The summed E-state index contributed by atoms with van der Waals surface area (Å²) in [5, 5.41) is 19.0. The van der Waals surface area contributed by atoms with Crippen molar-refractivity contribution < 1.29 is 5.11 Å². The van der Waals surface area contributed by atoms with Gasteiger partial charge in [-0.3, -0.25) is 0 Å². The van der Waals surface area contributed by atoms with E-state index in [1.165, 1.54) is 11.8 Å². The van der Waals surface area contributed by atoms with Crippen molar-refractivity contribution in [2.24, 2.45) is 7.05 Å². The minimum absolute atomic E-state index is 0.428. The zero-order chi connectivity index (χ0) is 13.1. The number of hydrogen-bond acceptors (Lipinski definition) is 4. The Kier molecular flexibility index (Phi) is 4.04. The highest BCUT2D eigenvalue weighted by molar-refractivity contribution is 7.99. The van der Waals surface area contributed by atoms with Gasteiger partial charge in [0.15, 0.2) is 5.16 Å². The van der Waals surface area contributed by atoms with Gasteiger partial charge in [0.25, 0.3) is 0 Å². The Balaban J connectivity index is 2.32. The molecule has 96 valence electrons. The van der Waals surface area contributed by atoms with Crippen LogP contribution >= 0.6 is 11.8 Å². The fourth-order valence-electron chi connectivity index (χ4n) is 1.64. The van der Waals surface area contributed by atoms with Gasteiger partial charge in [-0.15, -0.1) is 10.2 Å². The number of aromatic nitrogens is 3. The van der Waals surface area contributed by atoms with Gasteiger partial charge in [-0.2, -0.15) is 0 Å². The molecule has 1 aromatic heterocycles. The van der Waals surface area contributed by atoms with E-state index in [4.69, 9.17) is 0 Å². The molecule has 0 aliphatic rings. The highest BCUT2D eigenvalue weighted by Crippen LogP contribution is 2.33. The first-order chi connectivity index (χ1) is 8.63. The third-order valence-corrected chi connectivity index (χ3v) is 4.05. The predicted octanol–water partition coefficient (Wildman–Crippen LogP) is 2.72. The molecule has 1 unspecified atom stereocenters. The molecule has 1 heterocycles. The molecule has 2 aromatic rings. The first kappa shape index (κ1) is 13.1. The summed E-state index contributed by atoms with van der Waals surface area (Å²) in [6.07, 6.45) is 0.276. The van der Waals surface area contributed by atoms with Crippen LogP contribution in [-0.4, -0.2) is 19.9 Å². The van der Waals surface area contributed by atoms with Crippen molar-refractivity contribution in [1.82, 2.24) is 14.8 Å². The fourth-order valence-corrected chi connectivity index (χ4v) is 2.66. The van der Waals surface area contributed by atoms with E-state index in [2.05, 4.69) is 10.2 Å². The maximum Gasteiger partial charge on any atom is 0.195 e. The summed E-state index contributed by atoms with van der Waals surface area (Å²) in [7, 11) is 1.94. The van der Waals surface area contributed by atoms with Crippen LogP contribution in [0.25, 0.3) is 0 Å². The van der Waals surface area contributed by atoms with Crippen LogP contribution in [0, 0.1) is 6.92 Å². The molecule has 0 aliphatic heterocycles. The minimum Gasteiger partial charge on any atom is -0.388 e. The summed E-state index contributed by atoms with van der Waals surface area (Å²) < 4.78 is 1.94. The third-order valence-electron chi connectivity index (χ3n) is 2.92. The SMILES string of the molecule is CCC(O)c1ccccc1Sc1nnc(C)n1C. The first-order valence-electron chi connectivity index (χ1n) is 5.94. The van der Waals surface area contributed by atoms with Crippen molar-refractivity contribution in [3.63, 3.8) is 0 Å². The van der Waals surface area contributed by atoms with Gasteiger partial charge < -0.3 is 9.67 Å². The summed E-state index contributed by atoms with van der Waals surface area (Å²) in [6.45, 7) is 3.89. The molecular formula is C13H17N3OS. The lowest BCUT2D eigenvalue weighted by atomic mass is 10.1. The van der Waals surface area contributed by atoms with Gasteiger partial charge in [0, 0.05) is 11.9 Å². The van der Waals surface area contributed by atoms with Gasteiger partial charge in [-0.1, -0.05) is 25.1 Å². The van der Waals surface area contributed by atoms with Crippen molar-refractivity contribution in [1.29, 1.82) is 0 Å². The number of aliphatic hydroxyl groups excluding tert-OH is 1. The summed E-state index contributed by atoms with van der Waals surface area (Å²) in [5.74, 6) is 0.881. The normalized spacial score (nSPS) is 12.7. The number of nitrogens with zero attached hydrogens (tertiary/aromatic N) is 3. The molecule has 5 heteroatoms. The van der Waals surface area contributed by atoms with Crippen LogP contribution in [-0.2, 0) is 7.05 Å². The molecule has 1 aromatic carbocycles. The second kappa shape index (κ2) is 5.54. The van der Waals surface area contributed by atoms with Gasteiger partial charge in [0.05, 0.1) is 6.10 Å². The van der Waals surface area contributed by atoms with Crippen LogP contribution in [0.1, 0.15) is 30.8 Å². The summed E-state index contributed by atoms with van der Waals surface area (Å²) in [5.41, 5.74) is 0.950. The van der Waals surface area contributed by atoms with Crippen molar-refractivity contribution >= 4 is 11.8 Å². The Labute approximate surface area is 111 Å². The third kappa shape index (κ3) is 2.57. The van der Waals surface area contributed by atoms with E-state index in [0.717, 1.165) is 21.4 Å². The Morgan fingerprint density at radius 2 is 2.06 bits per heavy atom. The molecule has 0 amide bonds. The van der Waals surface area contributed by atoms with E-state index in [0.29, 0.717) is 6.42 Å². The molecule has 0 spiro atoms. The molecule has 2 rings (SSSR count). The van der Waals surface area contributed by atoms with Gasteiger partial charge in [0.1, 0.15) is 5.82 Å². The van der Waals surface area contributed by atoms with E-state index < -0.39 is 6.10 Å². The molecule has 0 bridgehead atoms. The number of benzene rings is 1. The molecule has 1 N–H and O–H groups in total. The quantitative estimate of drug-likeness (QED) is 0.921. The molecule has 4 nitrogen and oxygen atoms in total. The Morgan fingerprint density at radius 1 is 1.33 bits per heavy atom. The fraction of sp³-hybridized carbons (Fsp3) is 0.385. The van der Waals surface area contributed by atoms with Gasteiger partial charge in [0.2, 0.25) is 0 Å². The maximum absolute atomic E-state index is 10.0. The Bertz CT molecular complexity index is 539. The lowest BCUT2D eigenvalue weighted by Gasteiger charge is -2.12. The molecule has 0 aliphatic carbocycles. The highest BCUT2D eigenvalue weighted by Gasteiger charge is 2.13. The van der Waals surface area contributed by atoms with Crippen molar-refractivity contribution in [2.45, 2.75) is 36.4 Å². The van der Waals surface area contributed by atoms with Crippen molar-refractivity contribution in [3.05, 3.63) is 35.7 Å². The van der Waals surface area contributed by atoms with Gasteiger partial charge in [-0.05, 0) is 36.7 Å². The average Bonchev–Trinajstić information content (AvgIpc) is 2.70. The zero-order valence-electron chi connectivity index (χ0n) is 10.8. The van der Waals surface area contributed by atoms with Crippen LogP contribution in [0.4, 0.5) is 0 Å². The predicted molar refractivity (Wildman–Crippen MR) is 71.6 cm³/mol. The number of aliphatic hydroxyl groups is 1. The lowest BCUT2D eigenvalue weighted by Crippen LogP contribution is -1.98. The summed E-state index contributed by atoms with van der Waals surface area (Å²) in [6, 6.07) is 7.88. The number of rotatable bonds is 4. The molecule has 0 saturated heterocycles. The van der Waals surface area contributed by atoms with Crippen LogP contribution < -0.4 is 0 Å². The van der Waals surface area contributed by atoms with Gasteiger partial charge >= 0.3 is 0 Å². The van der Waals surface area contributed by atoms with Crippen LogP contribution in [0.5, 0.6) is 0 Å². The highest BCUT2D eigenvalue weighted by atomic mass is 32.2. The maximum atomic E-state index is 10.0. The van der Waals surface area contributed by atoms with Crippen LogP contribution in [0.2, 0.25) is 0 Å². The molecule has 0 radical (unpaired) electrons. The standard InChI is InChI=1S/C13H17N3OS/c1-4-11(17)10-7-5-6-8-12(10)18-13-15-14-9(2)16(13)3/h5-8,11,17H,4H2,1-3H3. The lowest BCUT2D eigenvalue weighted by molar-refractivity contribution is 0.171. The molecule has 0 fully saturated rings. The molecule has 18 heavy (non-hydrogen) atoms. The smallest absolute Gasteiger partial charge is 0.195 e. The summed E-state index contributed by atoms with van der Waals surface area (Å²) >= 11 is 1.53. The largest absolute Gasteiger partial charge is 0.388 e. The first-order valence-corrected chi connectivity index (χ1v) is 6.76. The van der Waals surface area contributed by atoms with E-state index in [-0.39, 0.29) is 0 Å². The van der Waals surface area contributed by atoms with Crippen molar-refractivity contribution in [2.75, 3.05) is 0 Å². The minimum atomic E-state index is -0.428. The zero-order valence-corrected chi connectivity index (χ0v) is 11.6. The average molecular weight is 263 g/mol. The molecular weight excluding hydrogens is 246 g/mol. The topological polar surface area (TPSA) is 50.9 Å². The van der Waals surface area contributed by atoms with Crippen molar-refractivity contribution in [3.8, 4) is 0 Å². The monoisotopic (exact) mass is 263 g/mol. The van der Waals surface area contributed by atoms with E-state index in [1.54, 1.807) is 0 Å². The Morgan fingerprint density at radius 3 is 2.67 bits per heavy atom. The second-order valence-electron chi connectivity index (χ2n) is 4.15. The number of hydrogen-bond donors (Lipinski definition) is 1. The van der Waals surface area contributed by atoms with Crippen LogP contribution in [0.3, 0.4) is 0 Å². The van der Waals surface area contributed by atoms with E-state index >= 15 is 0 Å². The van der Waals surface area contributed by atoms with E-state index in [1.807, 2.05) is 49.7 Å². The number of aryl methyl sites for hydroxylation is 1. The second-order valence-corrected chi connectivity index (χ2v) is 5.16. The Hall–Kier alpha value is -1.33. The van der Waals surface area contributed by atoms with Crippen LogP contribution in [0.15, 0.2) is 34.3 Å².